The first-order valence-electron chi connectivity index (χ1n) is 5.99. The third kappa shape index (κ3) is 1.94. The Kier molecular flexibility index (Phi) is 2.67. The van der Waals surface area contributed by atoms with Crippen molar-refractivity contribution in [3.8, 4) is 0 Å². The molecule has 3 rings (SSSR count). The van der Waals surface area contributed by atoms with Crippen molar-refractivity contribution in [2.24, 2.45) is 0 Å². The molecule has 1 saturated heterocycles. The van der Waals surface area contributed by atoms with E-state index in [0.717, 1.165) is 19.0 Å². The fraction of sp³-hybridized carbons (Fsp3) is 0.417. The van der Waals surface area contributed by atoms with E-state index in [1.54, 1.807) is 6.07 Å². The lowest BCUT2D eigenvalue weighted by atomic mass is 10.1. The summed E-state index contributed by atoms with van der Waals surface area (Å²) in [6.07, 6.45) is -3.73. The lowest BCUT2D eigenvalue weighted by Gasteiger charge is -2.11. The molecular formula is C12H12F3N3O. The van der Waals surface area contributed by atoms with Crippen LogP contribution >= 0.6 is 0 Å². The zero-order chi connectivity index (χ0) is 13.6. The quantitative estimate of drug-likeness (QED) is 0.832. The normalized spacial score (nSPS) is 20.3. The molecule has 102 valence electrons. The average molecular weight is 271 g/mol. The number of imidazole rings is 1. The van der Waals surface area contributed by atoms with Crippen LogP contribution < -0.4 is 11.0 Å². The number of halogens is 3. The molecule has 1 unspecified atom stereocenters. The second kappa shape index (κ2) is 4.12. The molecule has 1 aliphatic heterocycles. The van der Waals surface area contributed by atoms with Gasteiger partial charge in [0.1, 0.15) is 0 Å². The van der Waals surface area contributed by atoms with E-state index in [1.807, 2.05) is 0 Å². The molecule has 2 aromatic rings. The van der Waals surface area contributed by atoms with E-state index >= 15 is 0 Å². The highest BCUT2D eigenvalue weighted by molar-refractivity contribution is 5.79. The van der Waals surface area contributed by atoms with Gasteiger partial charge in [-0.25, -0.2) is 4.79 Å². The third-order valence-corrected chi connectivity index (χ3v) is 3.46. The van der Waals surface area contributed by atoms with Gasteiger partial charge in [0, 0.05) is 6.54 Å². The van der Waals surface area contributed by atoms with Crippen LogP contribution in [0.5, 0.6) is 0 Å². The first-order valence-corrected chi connectivity index (χ1v) is 5.99. The minimum absolute atomic E-state index is 0.0928. The smallest absolute Gasteiger partial charge is 0.315 e. The number of alkyl halides is 3. The number of nitrogens with zero attached hydrogens (tertiary/aromatic N) is 1. The summed E-state index contributed by atoms with van der Waals surface area (Å²) >= 11 is 0. The zero-order valence-corrected chi connectivity index (χ0v) is 9.92. The predicted molar refractivity (Wildman–Crippen MR) is 64.1 cm³/mol. The molecule has 0 bridgehead atoms. The van der Waals surface area contributed by atoms with E-state index in [4.69, 9.17) is 0 Å². The van der Waals surface area contributed by atoms with Gasteiger partial charge in [0.15, 0.2) is 0 Å². The maximum atomic E-state index is 12.9. The van der Waals surface area contributed by atoms with Crippen molar-refractivity contribution in [2.45, 2.75) is 18.6 Å². The molecule has 0 saturated carbocycles. The van der Waals surface area contributed by atoms with Crippen LogP contribution in [0, 0.1) is 0 Å². The lowest BCUT2D eigenvalue weighted by Crippen LogP contribution is -2.23. The van der Waals surface area contributed by atoms with Crippen molar-refractivity contribution >= 4 is 11.0 Å². The van der Waals surface area contributed by atoms with Crippen LogP contribution in [0.1, 0.15) is 18.0 Å². The second-order valence-corrected chi connectivity index (χ2v) is 4.64. The average Bonchev–Trinajstić information content (AvgIpc) is 2.92. The molecule has 0 radical (unpaired) electrons. The molecule has 2 heterocycles. The standard InChI is InChI=1S/C12H12F3N3O/c13-12(14,15)8-2-1-3-9-10(8)17-11(19)18(9)7-4-5-16-6-7/h1-3,7,16H,4-6H2,(H,17,19). The number of hydrogen-bond acceptors (Lipinski definition) is 2. The minimum Gasteiger partial charge on any atom is -0.315 e. The molecule has 1 fully saturated rings. The summed E-state index contributed by atoms with van der Waals surface area (Å²) in [6.45, 7) is 1.37. The van der Waals surface area contributed by atoms with Crippen molar-refractivity contribution in [1.82, 2.24) is 14.9 Å². The van der Waals surface area contributed by atoms with E-state index < -0.39 is 17.4 Å². The van der Waals surface area contributed by atoms with Crippen molar-refractivity contribution in [2.75, 3.05) is 13.1 Å². The summed E-state index contributed by atoms with van der Waals surface area (Å²) in [5.41, 5.74) is -1.10. The van der Waals surface area contributed by atoms with Gasteiger partial charge in [-0.05, 0) is 25.1 Å². The number of para-hydroxylation sites is 1. The Balaban J connectivity index is 2.25. The van der Waals surface area contributed by atoms with Crippen LogP contribution in [0.2, 0.25) is 0 Å². The predicted octanol–water partition coefficient (Wildman–Crippen LogP) is 1.88. The minimum atomic E-state index is -4.47. The fourth-order valence-electron chi connectivity index (χ4n) is 2.61. The topological polar surface area (TPSA) is 49.8 Å². The highest BCUT2D eigenvalue weighted by Gasteiger charge is 2.34. The van der Waals surface area contributed by atoms with Gasteiger partial charge in [-0.3, -0.25) is 4.57 Å². The number of nitrogens with one attached hydrogen (secondary N) is 2. The monoisotopic (exact) mass is 271 g/mol. The van der Waals surface area contributed by atoms with Gasteiger partial charge in [0.2, 0.25) is 0 Å². The van der Waals surface area contributed by atoms with Gasteiger partial charge in [-0.2, -0.15) is 13.2 Å². The largest absolute Gasteiger partial charge is 0.418 e. The first kappa shape index (κ1) is 12.3. The maximum Gasteiger partial charge on any atom is 0.418 e. The summed E-state index contributed by atoms with van der Waals surface area (Å²) in [6, 6.07) is 3.76. The lowest BCUT2D eigenvalue weighted by molar-refractivity contribution is -0.136. The third-order valence-electron chi connectivity index (χ3n) is 3.46. The summed E-state index contributed by atoms with van der Waals surface area (Å²) in [4.78, 5) is 14.3. The fourth-order valence-corrected chi connectivity index (χ4v) is 2.61. The van der Waals surface area contributed by atoms with E-state index in [1.165, 1.54) is 10.6 Å². The molecule has 0 aliphatic carbocycles. The first-order chi connectivity index (χ1) is 8.98. The SMILES string of the molecule is O=c1[nH]c2c(C(F)(F)F)cccc2n1C1CCNC1. The van der Waals surface area contributed by atoms with Crippen LogP contribution in [-0.2, 0) is 6.18 Å². The van der Waals surface area contributed by atoms with Gasteiger partial charge in [0.05, 0.1) is 22.6 Å². The van der Waals surface area contributed by atoms with Gasteiger partial charge in [0.25, 0.3) is 0 Å². The molecule has 1 aliphatic rings. The molecular weight excluding hydrogens is 259 g/mol. The molecule has 0 amide bonds. The number of aromatic amines is 1. The molecule has 2 N–H and O–H groups in total. The number of rotatable bonds is 1. The van der Waals surface area contributed by atoms with Crippen molar-refractivity contribution in [1.29, 1.82) is 0 Å². The molecule has 1 aromatic carbocycles. The Labute approximate surface area is 106 Å². The Bertz CT molecular complexity index is 665. The van der Waals surface area contributed by atoms with Crippen molar-refractivity contribution in [3.05, 3.63) is 34.2 Å². The van der Waals surface area contributed by atoms with Crippen LogP contribution in [0.4, 0.5) is 13.2 Å². The van der Waals surface area contributed by atoms with Crippen molar-refractivity contribution in [3.63, 3.8) is 0 Å². The summed E-state index contributed by atoms with van der Waals surface area (Å²) in [7, 11) is 0. The van der Waals surface area contributed by atoms with Crippen molar-refractivity contribution < 1.29 is 13.2 Å². The van der Waals surface area contributed by atoms with E-state index in [2.05, 4.69) is 10.3 Å². The number of aromatic nitrogens is 2. The molecule has 1 aromatic heterocycles. The number of H-pyrrole nitrogens is 1. The summed E-state index contributed by atoms with van der Waals surface area (Å²) in [5, 5.41) is 3.10. The van der Waals surface area contributed by atoms with Crippen LogP contribution in [0.3, 0.4) is 0 Å². The van der Waals surface area contributed by atoms with E-state index in [-0.39, 0.29) is 11.6 Å². The summed E-state index contributed by atoms with van der Waals surface area (Å²) in [5.74, 6) is 0. The Morgan fingerprint density at radius 2 is 2.11 bits per heavy atom. The van der Waals surface area contributed by atoms with Gasteiger partial charge < -0.3 is 10.3 Å². The number of benzene rings is 1. The van der Waals surface area contributed by atoms with E-state index in [0.29, 0.717) is 12.1 Å². The molecule has 1 atom stereocenters. The highest BCUT2D eigenvalue weighted by atomic mass is 19.4. The Morgan fingerprint density at radius 1 is 1.32 bits per heavy atom. The molecule has 0 spiro atoms. The van der Waals surface area contributed by atoms with Crippen LogP contribution in [0.25, 0.3) is 11.0 Å². The second-order valence-electron chi connectivity index (χ2n) is 4.64. The van der Waals surface area contributed by atoms with Gasteiger partial charge >= 0.3 is 11.9 Å². The zero-order valence-electron chi connectivity index (χ0n) is 9.92. The molecule has 7 heteroatoms. The molecule has 4 nitrogen and oxygen atoms in total. The van der Waals surface area contributed by atoms with Gasteiger partial charge in [-0.15, -0.1) is 0 Å². The van der Waals surface area contributed by atoms with Gasteiger partial charge in [-0.1, -0.05) is 6.07 Å². The number of hydrogen-bond donors (Lipinski definition) is 2. The molecule has 19 heavy (non-hydrogen) atoms. The number of fused-ring (bicyclic) bond motifs is 1. The Morgan fingerprint density at radius 3 is 2.74 bits per heavy atom. The van der Waals surface area contributed by atoms with E-state index in [9.17, 15) is 18.0 Å². The maximum absolute atomic E-state index is 12.9. The van der Waals surface area contributed by atoms with Crippen LogP contribution in [0.15, 0.2) is 23.0 Å². The Hall–Kier alpha value is -1.76. The van der Waals surface area contributed by atoms with Crippen LogP contribution in [-0.4, -0.2) is 22.6 Å². The highest BCUT2D eigenvalue weighted by Crippen LogP contribution is 2.34. The summed E-state index contributed by atoms with van der Waals surface area (Å²) < 4.78 is 40.1.